The Kier molecular flexibility index (Phi) is 5.08. The Balaban J connectivity index is 1.49. The molecule has 0 saturated carbocycles. The third-order valence-corrected chi connectivity index (χ3v) is 4.91. The second kappa shape index (κ2) is 7.55. The van der Waals surface area contributed by atoms with Crippen LogP contribution in [-0.4, -0.2) is 50.3 Å². The van der Waals surface area contributed by atoms with Crippen LogP contribution < -0.4 is 5.32 Å². The number of rotatable bonds is 3. The largest absolute Gasteiger partial charge is 0.444 e. The zero-order chi connectivity index (χ0) is 20.6. The van der Waals surface area contributed by atoms with Crippen LogP contribution in [0.25, 0.3) is 16.9 Å². The van der Waals surface area contributed by atoms with Gasteiger partial charge < -0.3 is 15.0 Å². The third-order valence-electron chi connectivity index (χ3n) is 4.67. The second-order valence-electron chi connectivity index (χ2n) is 8.20. The average molecular weight is 414 g/mol. The molecule has 152 valence electrons. The summed E-state index contributed by atoms with van der Waals surface area (Å²) < 4.78 is 7.26. The molecule has 3 heterocycles. The molecule has 1 fully saturated rings. The lowest BCUT2D eigenvalue weighted by Crippen LogP contribution is -2.36. The molecule has 1 unspecified atom stereocenters. The molecule has 0 radical (unpaired) electrons. The molecule has 0 aliphatic carbocycles. The quantitative estimate of drug-likeness (QED) is 0.685. The average Bonchev–Trinajstić information content (AvgIpc) is 3.27. The predicted molar refractivity (Wildman–Crippen MR) is 113 cm³/mol. The van der Waals surface area contributed by atoms with Crippen LogP contribution in [0.1, 0.15) is 27.2 Å². The Morgan fingerprint density at radius 2 is 2.10 bits per heavy atom. The molecule has 1 amide bonds. The van der Waals surface area contributed by atoms with Gasteiger partial charge in [-0.2, -0.15) is 0 Å². The molecule has 4 rings (SSSR count). The van der Waals surface area contributed by atoms with Crippen LogP contribution in [0.3, 0.4) is 0 Å². The van der Waals surface area contributed by atoms with E-state index in [1.807, 2.05) is 57.2 Å². The van der Waals surface area contributed by atoms with Gasteiger partial charge >= 0.3 is 6.09 Å². The van der Waals surface area contributed by atoms with Gasteiger partial charge in [0.25, 0.3) is 0 Å². The minimum Gasteiger partial charge on any atom is -0.444 e. The second-order valence-corrected chi connectivity index (χ2v) is 8.64. The van der Waals surface area contributed by atoms with E-state index in [0.717, 1.165) is 29.1 Å². The van der Waals surface area contributed by atoms with E-state index >= 15 is 0 Å². The number of benzene rings is 1. The standard InChI is InChI=1S/C21H24ClN5O2/c1-21(2,3)29-20(28)26-10-9-16(13-26)24-18-7-8-19-23-12-17(27(19)25-18)14-5-4-6-15(22)11-14/h4-8,11-12,16H,9-10,13H2,1-3H3,(H,24,25). The van der Waals surface area contributed by atoms with Gasteiger partial charge in [-0.3, -0.25) is 0 Å². The summed E-state index contributed by atoms with van der Waals surface area (Å²) in [5, 5.41) is 8.79. The van der Waals surface area contributed by atoms with E-state index in [1.54, 1.807) is 15.6 Å². The molecule has 1 N–H and O–H groups in total. The fourth-order valence-electron chi connectivity index (χ4n) is 3.37. The van der Waals surface area contributed by atoms with E-state index in [-0.39, 0.29) is 12.1 Å². The van der Waals surface area contributed by atoms with Gasteiger partial charge in [-0.05, 0) is 51.5 Å². The van der Waals surface area contributed by atoms with E-state index < -0.39 is 5.60 Å². The Hall–Kier alpha value is -2.80. The monoisotopic (exact) mass is 413 g/mol. The Morgan fingerprint density at radius 1 is 1.28 bits per heavy atom. The number of hydrogen-bond donors (Lipinski definition) is 1. The zero-order valence-corrected chi connectivity index (χ0v) is 17.5. The van der Waals surface area contributed by atoms with Crippen LogP contribution in [-0.2, 0) is 4.74 Å². The summed E-state index contributed by atoms with van der Waals surface area (Å²) in [6, 6.07) is 11.6. The van der Waals surface area contributed by atoms with E-state index in [9.17, 15) is 4.79 Å². The number of likely N-dealkylation sites (tertiary alicyclic amines) is 1. The number of anilines is 1. The van der Waals surface area contributed by atoms with Gasteiger partial charge in [0, 0.05) is 29.7 Å². The molecule has 29 heavy (non-hydrogen) atoms. The number of fused-ring (bicyclic) bond motifs is 1. The number of nitrogens with zero attached hydrogens (tertiary/aromatic N) is 4. The molecule has 1 aliphatic heterocycles. The Bertz CT molecular complexity index is 1040. The van der Waals surface area contributed by atoms with Crippen LogP contribution >= 0.6 is 11.6 Å². The van der Waals surface area contributed by atoms with Crippen molar-refractivity contribution in [1.82, 2.24) is 19.5 Å². The van der Waals surface area contributed by atoms with Crippen molar-refractivity contribution in [2.75, 3.05) is 18.4 Å². The highest BCUT2D eigenvalue weighted by Gasteiger charge is 2.30. The number of hydrogen-bond acceptors (Lipinski definition) is 5. The summed E-state index contributed by atoms with van der Waals surface area (Å²) in [6.07, 6.45) is 2.35. The van der Waals surface area contributed by atoms with Gasteiger partial charge in [0.1, 0.15) is 11.4 Å². The maximum atomic E-state index is 12.3. The summed E-state index contributed by atoms with van der Waals surface area (Å²) in [5.41, 5.74) is 2.08. The lowest BCUT2D eigenvalue weighted by Gasteiger charge is -2.24. The number of amides is 1. The summed E-state index contributed by atoms with van der Waals surface area (Å²) in [7, 11) is 0. The summed E-state index contributed by atoms with van der Waals surface area (Å²) >= 11 is 6.13. The first kappa shape index (κ1) is 19.5. The lowest BCUT2D eigenvalue weighted by molar-refractivity contribution is 0.0293. The van der Waals surface area contributed by atoms with Crippen molar-refractivity contribution in [1.29, 1.82) is 0 Å². The maximum absolute atomic E-state index is 12.3. The SMILES string of the molecule is CC(C)(C)OC(=O)N1CCC(Nc2ccc3ncc(-c4cccc(Cl)c4)n3n2)C1. The molecule has 7 nitrogen and oxygen atoms in total. The topological polar surface area (TPSA) is 71.8 Å². The number of nitrogens with one attached hydrogen (secondary N) is 1. The van der Waals surface area contributed by atoms with Crippen LogP contribution in [0.5, 0.6) is 0 Å². The van der Waals surface area contributed by atoms with Crippen molar-refractivity contribution in [3.8, 4) is 11.3 Å². The zero-order valence-electron chi connectivity index (χ0n) is 16.7. The van der Waals surface area contributed by atoms with Crippen molar-refractivity contribution in [2.45, 2.75) is 38.8 Å². The first-order valence-corrected chi connectivity index (χ1v) is 10.0. The van der Waals surface area contributed by atoms with E-state index in [1.165, 1.54) is 0 Å². The highest BCUT2D eigenvalue weighted by atomic mass is 35.5. The highest BCUT2D eigenvalue weighted by Crippen LogP contribution is 2.24. The fourth-order valence-corrected chi connectivity index (χ4v) is 3.56. The molecule has 2 aromatic heterocycles. The smallest absolute Gasteiger partial charge is 0.410 e. The molecule has 1 atom stereocenters. The number of ether oxygens (including phenoxy) is 1. The number of carbonyl (C=O) groups is 1. The minimum atomic E-state index is -0.493. The molecule has 8 heteroatoms. The molecule has 1 saturated heterocycles. The molecule has 0 bridgehead atoms. The first-order valence-electron chi connectivity index (χ1n) is 9.64. The third kappa shape index (κ3) is 4.45. The normalized spacial score (nSPS) is 17.0. The van der Waals surface area contributed by atoms with Gasteiger partial charge in [-0.1, -0.05) is 23.7 Å². The summed E-state index contributed by atoms with van der Waals surface area (Å²) in [5.74, 6) is 0.731. The minimum absolute atomic E-state index is 0.116. The fraction of sp³-hybridized carbons (Fsp3) is 0.381. The predicted octanol–water partition coefficient (Wildman–Crippen LogP) is 4.47. The van der Waals surface area contributed by atoms with Crippen molar-refractivity contribution in [3.05, 3.63) is 47.6 Å². The van der Waals surface area contributed by atoms with Crippen LogP contribution in [0, 0.1) is 0 Å². The van der Waals surface area contributed by atoms with E-state index in [2.05, 4.69) is 10.3 Å². The molecular formula is C21H24ClN5O2. The Morgan fingerprint density at radius 3 is 2.86 bits per heavy atom. The molecule has 0 spiro atoms. The van der Waals surface area contributed by atoms with Crippen molar-refractivity contribution in [2.24, 2.45) is 0 Å². The van der Waals surface area contributed by atoms with Crippen LogP contribution in [0.15, 0.2) is 42.6 Å². The van der Waals surface area contributed by atoms with Crippen molar-refractivity contribution >= 4 is 29.2 Å². The molecule has 1 aromatic carbocycles. The number of halogens is 1. The molecule has 1 aliphatic rings. The number of aromatic nitrogens is 3. The van der Waals surface area contributed by atoms with Crippen LogP contribution in [0.4, 0.5) is 10.6 Å². The first-order chi connectivity index (χ1) is 13.8. The van der Waals surface area contributed by atoms with E-state index in [0.29, 0.717) is 18.1 Å². The van der Waals surface area contributed by atoms with E-state index in [4.69, 9.17) is 21.4 Å². The van der Waals surface area contributed by atoms with Gasteiger partial charge in [0.2, 0.25) is 0 Å². The van der Waals surface area contributed by atoms with Crippen LogP contribution in [0.2, 0.25) is 5.02 Å². The summed E-state index contributed by atoms with van der Waals surface area (Å²) in [6.45, 7) is 6.86. The van der Waals surface area contributed by atoms with Gasteiger partial charge in [-0.25, -0.2) is 14.3 Å². The Labute approximate surface area is 174 Å². The molecular weight excluding hydrogens is 390 g/mol. The van der Waals surface area contributed by atoms with Gasteiger partial charge in [0.05, 0.1) is 11.9 Å². The van der Waals surface area contributed by atoms with Gasteiger partial charge in [-0.15, -0.1) is 5.10 Å². The highest BCUT2D eigenvalue weighted by molar-refractivity contribution is 6.30. The van der Waals surface area contributed by atoms with Crippen molar-refractivity contribution < 1.29 is 9.53 Å². The maximum Gasteiger partial charge on any atom is 0.410 e. The van der Waals surface area contributed by atoms with Gasteiger partial charge in [0.15, 0.2) is 5.65 Å². The number of imidazole rings is 1. The number of carbonyl (C=O) groups excluding carboxylic acids is 1. The molecule has 3 aromatic rings. The lowest BCUT2D eigenvalue weighted by atomic mass is 10.2. The summed E-state index contributed by atoms with van der Waals surface area (Å²) in [4.78, 5) is 18.4. The van der Waals surface area contributed by atoms with Crippen molar-refractivity contribution in [3.63, 3.8) is 0 Å².